The zero-order valence-electron chi connectivity index (χ0n) is 15.2. The monoisotopic (exact) mass is 333 g/mol. The maximum absolute atomic E-state index is 12.8. The van der Waals surface area contributed by atoms with E-state index in [1.807, 2.05) is 16.7 Å². The zero-order valence-corrected chi connectivity index (χ0v) is 15.2. The highest BCUT2D eigenvalue weighted by atomic mass is 16.2. The fourth-order valence-corrected chi connectivity index (χ4v) is 3.92. The van der Waals surface area contributed by atoms with Gasteiger partial charge in [0.1, 0.15) is 0 Å². The number of hydrogen-bond acceptors (Lipinski definition) is 3. The van der Waals surface area contributed by atoms with E-state index < -0.39 is 0 Å². The Morgan fingerprint density at radius 1 is 1.21 bits per heavy atom. The highest BCUT2D eigenvalue weighted by Gasteiger charge is 2.33. The fourth-order valence-electron chi connectivity index (χ4n) is 3.92. The molecule has 0 spiro atoms. The Bertz CT molecular complexity index is 507. The normalized spacial score (nSPS) is 23.6. The van der Waals surface area contributed by atoms with E-state index >= 15 is 0 Å². The van der Waals surface area contributed by atoms with Gasteiger partial charge in [0, 0.05) is 45.7 Å². The number of carbonyl (C=O) groups is 2. The van der Waals surface area contributed by atoms with Crippen LogP contribution in [0, 0.1) is 0 Å². The number of carbonyl (C=O) groups excluding carboxylic acids is 2. The minimum Gasteiger partial charge on any atom is -0.341 e. The van der Waals surface area contributed by atoms with E-state index in [4.69, 9.17) is 0 Å². The van der Waals surface area contributed by atoms with Gasteiger partial charge in [-0.05, 0) is 51.0 Å². The Balaban J connectivity index is 1.56. The molecule has 5 heteroatoms. The highest BCUT2D eigenvalue weighted by molar-refractivity contribution is 5.81. The molecule has 2 amide bonds. The molecule has 5 nitrogen and oxygen atoms in total. The van der Waals surface area contributed by atoms with Crippen LogP contribution in [0.2, 0.25) is 0 Å². The summed E-state index contributed by atoms with van der Waals surface area (Å²) in [6.07, 6.45) is 9.05. The van der Waals surface area contributed by atoms with Crippen molar-refractivity contribution in [3.05, 3.63) is 11.6 Å². The maximum Gasteiger partial charge on any atom is 0.239 e. The molecule has 1 aliphatic carbocycles. The average molecular weight is 333 g/mol. The van der Waals surface area contributed by atoms with E-state index in [9.17, 15) is 9.59 Å². The third-order valence-electron chi connectivity index (χ3n) is 5.59. The van der Waals surface area contributed by atoms with Crippen molar-refractivity contribution in [3.63, 3.8) is 0 Å². The molecule has 3 aliphatic rings. The molecule has 0 aromatic carbocycles. The predicted molar refractivity (Wildman–Crippen MR) is 94.6 cm³/mol. The lowest BCUT2D eigenvalue weighted by molar-refractivity contribution is -0.137. The average Bonchev–Trinajstić information content (AvgIpc) is 3.44. The molecule has 0 radical (unpaired) electrons. The Morgan fingerprint density at radius 3 is 2.54 bits per heavy atom. The van der Waals surface area contributed by atoms with E-state index in [0.29, 0.717) is 6.04 Å². The van der Waals surface area contributed by atoms with Crippen molar-refractivity contribution in [2.45, 2.75) is 64.5 Å². The van der Waals surface area contributed by atoms with Gasteiger partial charge in [-0.1, -0.05) is 6.08 Å². The zero-order chi connectivity index (χ0) is 17.1. The van der Waals surface area contributed by atoms with E-state index in [-0.39, 0.29) is 17.9 Å². The molecule has 1 saturated carbocycles. The second kappa shape index (κ2) is 7.68. The topological polar surface area (TPSA) is 43.9 Å². The van der Waals surface area contributed by atoms with Gasteiger partial charge in [0.15, 0.2) is 0 Å². The second-order valence-corrected chi connectivity index (χ2v) is 7.56. The summed E-state index contributed by atoms with van der Waals surface area (Å²) in [4.78, 5) is 30.9. The highest BCUT2D eigenvalue weighted by Crippen LogP contribution is 2.28. The molecule has 3 rings (SSSR count). The van der Waals surface area contributed by atoms with Crippen LogP contribution in [0.15, 0.2) is 11.6 Å². The quantitative estimate of drug-likeness (QED) is 0.723. The first kappa shape index (κ1) is 17.5. The van der Waals surface area contributed by atoms with Crippen LogP contribution in [0.4, 0.5) is 0 Å². The van der Waals surface area contributed by atoms with Crippen molar-refractivity contribution in [1.82, 2.24) is 14.7 Å². The summed E-state index contributed by atoms with van der Waals surface area (Å²) in [6, 6.07) is 0.393. The van der Waals surface area contributed by atoms with Gasteiger partial charge in [0.2, 0.25) is 11.8 Å². The van der Waals surface area contributed by atoms with Gasteiger partial charge < -0.3 is 9.80 Å². The largest absolute Gasteiger partial charge is 0.341 e. The molecule has 24 heavy (non-hydrogen) atoms. The van der Waals surface area contributed by atoms with Crippen molar-refractivity contribution in [2.75, 3.05) is 32.7 Å². The third-order valence-corrected chi connectivity index (χ3v) is 5.59. The molecular formula is C19H31N3O2. The van der Waals surface area contributed by atoms with Crippen molar-refractivity contribution >= 4 is 11.8 Å². The molecule has 0 bridgehead atoms. The molecule has 1 atom stereocenters. The molecule has 2 fully saturated rings. The number of likely N-dealkylation sites (tertiary alicyclic amines) is 1. The first-order chi connectivity index (χ1) is 11.6. The summed E-state index contributed by atoms with van der Waals surface area (Å²) < 4.78 is 0. The molecule has 1 saturated heterocycles. The molecule has 2 heterocycles. The van der Waals surface area contributed by atoms with Gasteiger partial charge in [-0.3, -0.25) is 14.5 Å². The minimum atomic E-state index is -0.0569. The number of hydrogen-bond donors (Lipinski definition) is 0. The van der Waals surface area contributed by atoms with E-state index in [1.165, 1.54) is 12.0 Å². The fraction of sp³-hybridized carbons (Fsp3) is 0.789. The van der Waals surface area contributed by atoms with Crippen LogP contribution in [0.5, 0.6) is 0 Å². The van der Waals surface area contributed by atoms with Gasteiger partial charge in [-0.25, -0.2) is 0 Å². The summed E-state index contributed by atoms with van der Waals surface area (Å²) in [5.41, 5.74) is 1.29. The standard InChI is InChI=1S/C19H31N3O2/c1-15(19(24)20-10-4-3-5-11-20)21-12-6-7-17(13-21)14-22(16(2)23)18-8-9-18/h7,15,18H,3-6,8-14H2,1-2H3/t15-/m1/s1. The SMILES string of the molecule is CC(=O)N(CC1=CCCN([C@H](C)C(=O)N2CCCCC2)C1)C1CC1. The van der Waals surface area contributed by atoms with Crippen LogP contribution in [0.25, 0.3) is 0 Å². The second-order valence-electron chi connectivity index (χ2n) is 7.56. The Morgan fingerprint density at radius 2 is 1.92 bits per heavy atom. The summed E-state index contributed by atoms with van der Waals surface area (Å²) in [6.45, 7) is 8.04. The van der Waals surface area contributed by atoms with Crippen LogP contribution < -0.4 is 0 Å². The van der Waals surface area contributed by atoms with Crippen LogP contribution in [0.3, 0.4) is 0 Å². The lowest BCUT2D eigenvalue weighted by atomic mass is 10.1. The maximum atomic E-state index is 12.8. The first-order valence-corrected chi connectivity index (χ1v) is 9.54. The van der Waals surface area contributed by atoms with Gasteiger partial charge in [-0.15, -0.1) is 0 Å². The van der Waals surface area contributed by atoms with Gasteiger partial charge >= 0.3 is 0 Å². The first-order valence-electron chi connectivity index (χ1n) is 9.54. The molecular weight excluding hydrogens is 302 g/mol. The lowest BCUT2D eigenvalue weighted by Gasteiger charge is -2.37. The number of nitrogens with zero attached hydrogens (tertiary/aromatic N) is 3. The predicted octanol–water partition coefficient (Wildman–Crippen LogP) is 2.03. The van der Waals surface area contributed by atoms with Crippen molar-refractivity contribution in [1.29, 1.82) is 0 Å². The van der Waals surface area contributed by atoms with Crippen molar-refractivity contribution < 1.29 is 9.59 Å². The number of rotatable bonds is 5. The number of piperidine rings is 1. The molecule has 134 valence electrons. The Hall–Kier alpha value is -1.36. The smallest absolute Gasteiger partial charge is 0.239 e. The van der Waals surface area contributed by atoms with E-state index in [1.54, 1.807) is 6.92 Å². The Kier molecular flexibility index (Phi) is 5.59. The van der Waals surface area contributed by atoms with Crippen LogP contribution in [-0.2, 0) is 9.59 Å². The Labute approximate surface area is 145 Å². The molecule has 0 aromatic heterocycles. The summed E-state index contributed by atoms with van der Waals surface area (Å²) >= 11 is 0. The third kappa shape index (κ3) is 4.18. The summed E-state index contributed by atoms with van der Waals surface area (Å²) in [5, 5.41) is 0. The summed E-state index contributed by atoms with van der Waals surface area (Å²) in [7, 11) is 0. The molecule has 0 aromatic rings. The van der Waals surface area contributed by atoms with Gasteiger partial charge in [0.25, 0.3) is 0 Å². The van der Waals surface area contributed by atoms with Crippen molar-refractivity contribution in [2.24, 2.45) is 0 Å². The van der Waals surface area contributed by atoms with E-state index in [2.05, 4.69) is 11.0 Å². The van der Waals surface area contributed by atoms with Gasteiger partial charge in [0.05, 0.1) is 6.04 Å². The van der Waals surface area contributed by atoms with Crippen LogP contribution >= 0.6 is 0 Å². The lowest BCUT2D eigenvalue weighted by Crippen LogP contribution is -2.50. The van der Waals surface area contributed by atoms with Crippen LogP contribution in [-0.4, -0.2) is 71.3 Å². The number of amides is 2. The molecule has 0 N–H and O–H groups in total. The molecule has 0 unspecified atom stereocenters. The van der Waals surface area contributed by atoms with Gasteiger partial charge in [-0.2, -0.15) is 0 Å². The summed E-state index contributed by atoms with van der Waals surface area (Å²) in [5.74, 6) is 0.453. The molecule has 2 aliphatic heterocycles. The van der Waals surface area contributed by atoms with Crippen LogP contribution in [0.1, 0.15) is 52.4 Å². The van der Waals surface area contributed by atoms with E-state index in [0.717, 1.165) is 64.8 Å². The minimum absolute atomic E-state index is 0.0569. The van der Waals surface area contributed by atoms with Crippen molar-refractivity contribution in [3.8, 4) is 0 Å².